The zero-order chi connectivity index (χ0) is 10.2. The molecule has 0 bridgehead atoms. The highest BCUT2D eigenvalue weighted by molar-refractivity contribution is 5.32. The number of hydrogen-bond acceptors (Lipinski definition) is 4. The minimum Gasteiger partial charge on any atom is -0.494 e. The van der Waals surface area contributed by atoms with Gasteiger partial charge in [-0.2, -0.15) is 0 Å². The van der Waals surface area contributed by atoms with Gasteiger partial charge in [-0.05, 0) is 19.1 Å². The second-order valence-electron chi connectivity index (χ2n) is 2.66. The average Bonchev–Trinajstić information content (AvgIpc) is 2.19. The molecule has 0 aromatic heterocycles. The number of hydrogen-bond donors (Lipinski definition) is 2. The highest BCUT2D eigenvalue weighted by atomic mass is 16.5. The second kappa shape index (κ2) is 6.23. The fourth-order valence-electron chi connectivity index (χ4n) is 1.03. The van der Waals surface area contributed by atoms with Crippen molar-refractivity contribution in [1.29, 1.82) is 0 Å². The summed E-state index contributed by atoms with van der Waals surface area (Å²) >= 11 is 0. The molecule has 0 saturated carbocycles. The van der Waals surface area contributed by atoms with Gasteiger partial charge in [-0.3, -0.25) is 0 Å². The fraction of sp³-hybridized carbons (Fsp3) is 0.400. The summed E-state index contributed by atoms with van der Waals surface area (Å²) in [5.41, 5.74) is 2.02. The van der Waals surface area contributed by atoms with Crippen LogP contribution in [0.25, 0.3) is 0 Å². The number of rotatable bonds is 6. The van der Waals surface area contributed by atoms with Gasteiger partial charge >= 0.3 is 0 Å². The summed E-state index contributed by atoms with van der Waals surface area (Å²) in [6.07, 6.45) is 0. The molecule has 0 aliphatic rings. The lowest BCUT2D eigenvalue weighted by molar-refractivity contribution is 0.145. The smallest absolute Gasteiger partial charge is 0.123 e. The SMILES string of the molecule is CCOc1cccc(OCCNO)c1. The van der Waals surface area contributed by atoms with E-state index in [1.165, 1.54) is 0 Å². The van der Waals surface area contributed by atoms with Crippen molar-refractivity contribution >= 4 is 0 Å². The third kappa shape index (κ3) is 3.64. The van der Waals surface area contributed by atoms with Crippen LogP contribution in [0, 0.1) is 0 Å². The zero-order valence-corrected chi connectivity index (χ0v) is 8.19. The van der Waals surface area contributed by atoms with Crippen LogP contribution in [0.2, 0.25) is 0 Å². The molecule has 0 fully saturated rings. The largest absolute Gasteiger partial charge is 0.494 e. The molecular weight excluding hydrogens is 182 g/mol. The van der Waals surface area contributed by atoms with Crippen LogP contribution in [0.4, 0.5) is 0 Å². The summed E-state index contributed by atoms with van der Waals surface area (Å²) < 4.78 is 10.6. The van der Waals surface area contributed by atoms with Crippen LogP contribution < -0.4 is 15.0 Å². The molecule has 2 N–H and O–H groups in total. The maximum atomic E-state index is 8.33. The number of ether oxygens (including phenoxy) is 2. The van der Waals surface area contributed by atoms with Crippen LogP contribution in [0.15, 0.2) is 24.3 Å². The molecule has 0 radical (unpaired) electrons. The van der Waals surface area contributed by atoms with Crippen molar-refractivity contribution < 1.29 is 14.7 Å². The summed E-state index contributed by atoms with van der Waals surface area (Å²) in [6, 6.07) is 7.41. The molecule has 1 aromatic carbocycles. The van der Waals surface area contributed by atoms with Gasteiger partial charge in [-0.15, -0.1) is 0 Å². The zero-order valence-electron chi connectivity index (χ0n) is 8.19. The molecule has 0 spiro atoms. The Morgan fingerprint density at radius 1 is 1.29 bits per heavy atom. The van der Waals surface area contributed by atoms with Crippen LogP contribution in [-0.4, -0.2) is 25.0 Å². The molecule has 0 saturated heterocycles. The molecule has 1 rings (SSSR count). The summed E-state index contributed by atoms with van der Waals surface area (Å²) in [5, 5.41) is 8.33. The lowest BCUT2D eigenvalue weighted by Gasteiger charge is -2.07. The van der Waals surface area contributed by atoms with Crippen molar-refractivity contribution in [2.24, 2.45) is 0 Å². The van der Waals surface area contributed by atoms with Crippen LogP contribution >= 0.6 is 0 Å². The second-order valence-corrected chi connectivity index (χ2v) is 2.66. The third-order valence-corrected chi connectivity index (χ3v) is 1.60. The number of benzene rings is 1. The van der Waals surface area contributed by atoms with Crippen molar-refractivity contribution in [1.82, 2.24) is 5.48 Å². The van der Waals surface area contributed by atoms with Crippen molar-refractivity contribution in [2.45, 2.75) is 6.92 Å². The summed E-state index contributed by atoms with van der Waals surface area (Å²) in [5.74, 6) is 1.54. The Kier molecular flexibility index (Phi) is 4.82. The Labute approximate surface area is 83.4 Å². The van der Waals surface area contributed by atoms with Crippen molar-refractivity contribution in [3.8, 4) is 11.5 Å². The van der Waals surface area contributed by atoms with E-state index in [0.717, 1.165) is 11.5 Å². The maximum absolute atomic E-state index is 8.33. The number of hydroxylamine groups is 1. The number of nitrogens with one attached hydrogen (secondary N) is 1. The maximum Gasteiger partial charge on any atom is 0.123 e. The molecule has 0 heterocycles. The van der Waals surface area contributed by atoms with Crippen LogP contribution in [-0.2, 0) is 0 Å². The molecule has 0 aliphatic heterocycles. The Morgan fingerprint density at radius 3 is 2.64 bits per heavy atom. The van der Waals surface area contributed by atoms with Gasteiger partial charge in [-0.1, -0.05) is 6.07 Å². The molecular formula is C10H15NO3. The topological polar surface area (TPSA) is 50.7 Å². The molecule has 0 unspecified atom stereocenters. The first-order valence-corrected chi connectivity index (χ1v) is 4.59. The molecule has 0 aliphatic carbocycles. The normalized spacial score (nSPS) is 9.86. The lowest BCUT2D eigenvalue weighted by atomic mass is 10.3. The van der Waals surface area contributed by atoms with E-state index >= 15 is 0 Å². The van der Waals surface area contributed by atoms with Crippen LogP contribution in [0.1, 0.15) is 6.92 Å². The van der Waals surface area contributed by atoms with Crippen molar-refractivity contribution in [3.63, 3.8) is 0 Å². The first-order valence-electron chi connectivity index (χ1n) is 4.59. The highest BCUT2D eigenvalue weighted by Gasteiger charge is 1.96. The fourth-order valence-corrected chi connectivity index (χ4v) is 1.03. The van der Waals surface area contributed by atoms with Crippen LogP contribution in [0.3, 0.4) is 0 Å². The summed E-state index contributed by atoms with van der Waals surface area (Å²) in [6.45, 7) is 3.40. The standard InChI is InChI=1S/C10H15NO3/c1-2-13-9-4-3-5-10(8-9)14-7-6-11-12/h3-5,8,11-12H,2,6-7H2,1H3. The van der Waals surface area contributed by atoms with E-state index in [-0.39, 0.29) is 0 Å². The Balaban J connectivity index is 2.46. The van der Waals surface area contributed by atoms with E-state index in [1.807, 2.05) is 36.7 Å². The Bertz CT molecular complexity index is 265. The van der Waals surface area contributed by atoms with E-state index in [9.17, 15) is 0 Å². The van der Waals surface area contributed by atoms with E-state index in [1.54, 1.807) is 0 Å². The first-order chi connectivity index (χ1) is 6.86. The first kappa shape index (κ1) is 10.8. The van der Waals surface area contributed by atoms with E-state index in [4.69, 9.17) is 14.7 Å². The van der Waals surface area contributed by atoms with Gasteiger partial charge in [0.05, 0.1) is 13.2 Å². The van der Waals surface area contributed by atoms with Gasteiger partial charge in [-0.25, -0.2) is 5.48 Å². The van der Waals surface area contributed by atoms with Crippen LogP contribution in [0.5, 0.6) is 11.5 Å². The molecule has 78 valence electrons. The van der Waals surface area contributed by atoms with Gasteiger partial charge in [0.2, 0.25) is 0 Å². The molecule has 0 atom stereocenters. The van der Waals surface area contributed by atoms with Gasteiger partial charge in [0.25, 0.3) is 0 Å². The van der Waals surface area contributed by atoms with E-state index in [0.29, 0.717) is 19.8 Å². The highest BCUT2D eigenvalue weighted by Crippen LogP contribution is 2.18. The lowest BCUT2D eigenvalue weighted by Crippen LogP contribution is -2.16. The van der Waals surface area contributed by atoms with Gasteiger partial charge in [0, 0.05) is 6.07 Å². The van der Waals surface area contributed by atoms with Gasteiger partial charge < -0.3 is 14.7 Å². The Morgan fingerprint density at radius 2 is 2.00 bits per heavy atom. The molecule has 0 amide bonds. The predicted octanol–water partition coefficient (Wildman–Crippen LogP) is 1.44. The van der Waals surface area contributed by atoms with Crippen molar-refractivity contribution in [3.05, 3.63) is 24.3 Å². The van der Waals surface area contributed by atoms with Gasteiger partial charge in [0.15, 0.2) is 0 Å². The van der Waals surface area contributed by atoms with Crippen molar-refractivity contribution in [2.75, 3.05) is 19.8 Å². The summed E-state index contributed by atoms with van der Waals surface area (Å²) in [4.78, 5) is 0. The minimum atomic E-state index is 0.402. The van der Waals surface area contributed by atoms with E-state index in [2.05, 4.69) is 0 Å². The molecule has 4 heteroatoms. The Hall–Kier alpha value is -1.26. The molecule has 1 aromatic rings. The van der Waals surface area contributed by atoms with E-state index < -0.39 is 0 Å². The quantitative estimate of drug-likeness (QED) is 0.535. The summed E-state index contributed by atoms with van der Waals surface area (Å²) in [7, 11) is 0. The molecule has 4 nitrogen and oxygen atoms in total. The predicted molar refractivity (Wildman–Crippen MR) is 52.9 cm³/mol. The minimum absolute atomic E-state index is 0.402. The third-order valence-electron chi connectivity index (χ3n) is 1.60. The molecule has 14 heavy (non-hydrogen) atoms. The van der Waals surface area contributed by atoms with Gasteiger partial charge in [0.1, 0.15) is 18.1 Å². The average molecular weight is 197 g/mol. The monoisotopic (exact) mass is 197 g/mol.